The number of carbonyl (C=O) groups excluding carboxylic acids is 2. The van der Waals surface area contributed by atoms with Gasteiger partial charge in [-0.25, -0.2) is 26.4 Å². The Bertz CT molecular complexity index is 1180. The first-order valence-corrected chi connectivity index (χ1v) is 13.0. The third-order valence-electron chi connectivity index (χ3n) is 4.95. The minimum absolute atomic E-state index is 0.0101. The summed E-state index contributed by atoms with van der Waals surface area (Å²) in [6.45, 7) is 2.33. The van der Waals surface area contributed by atoms with Crippen molar-refractivity contribution in [2.45, 2.75) is 29.6 Å². The van der Waals surface area contributed by atoms with Gasteiger partial charge in [-0.15, -0.1) is 0 Å². The lowest BCUT2D eigenvalue weighted by Crippen LogP contribution is -2.27. The molecule has 1 aliphatic heterocycles. The molecule has 0 atom stereocenters. The number of rotatable bonds is 9. The largest absolute Gasteiger partial charge is 0.454 e. The summed E-state index contributed by atoms with van der Waals surface area (Å²) in [6.07, 6.45) is 1.66. The van der Waals surface area contributed by atoms with E-state index in [9.17, 15) is 26.4 Å². The zero-order valence-corrected chi connectivity index (χ0v) is 19.1. The zero-order valence-electron chi connectivity index (χ0n) is 17.5. The molecule has 32 heavy (non-hydrogen) atoms. The normalized spacial score (nSPS) is 14.9. The highest BCUT2D eigenvalue weighted by Crippen LogP contribution is 2.21. The quantitative estimate of drug-likeness (QED) is 0.428. The first-order chi connectivity index (χ1) is 15.1. The van der Waals surface area contributed by atoms with Crippen molar-refractivity contribution in [2.75, 3.05) is 26.2 Å². The van der Waals surface area contributed by atoms with Gasteiger partial charge in [0.1, 0.15) is 0 Å². The average Bonchev–Trinajstić information content (AvgIpc) is 3.33. The number of Topliss-reactive ketones (excluding diaryl/α,β-unsaturated/α-hetero) is 1. The molecule has 9 nitrogen and oxygen atoms in total. The highest BCUT2D eigenvalue weighted by Gasteiger charge is 2.27. The van der Waals surface area contributed by atoms with Crippen molar-refractivity contribution in [2.24, 2.45) is 0 Å². The van der Waals surface area contributed by atoms with Crippen LogP contribution < -0.4 is 4.72 Å². The van der Waals surface area contributed by atoms with Gasteiger partial charge in [0.15, 0.2) is 12.4 Å². The zero-order chi connectivity index (χ0) is 23.4. The van der Waals surface area contributed by atoms with E-state index in [1.165, 1.54) is 52.8 Å². The molecule has 2 aromatic rings. The molecule has 1 fully saturated rings. The van der Waals surface area contributed by atoms with Crippen LogP contribution in [0.25, 0.3) is 0 Å². The van der Waals surface area contributed by atoms with Crippen molar-refractivity contribution in [1.29, 1.82) is 0 Å². The van der Waals surface area contributed by atoms with E-state index in [0.717, 1.165) is 12.8 Å². The Morgan fingerprint density at radius 2 is 1.41 bits per heavy atom. The molecule has 0 bridgehead atoms. The summed E-state index contributed by atoms with van der Waals surface area (Å²) in [4.78, 5) is 24.6. The van der Waals surface area contributed by atoms with Gasteiger partial charge in [0.2, 0.25) is 20.0 Å². The van der Waals surface area contributed by atoms with Gasteiger partial charge < -0.3 is 4.74 Å². The third-order valence-corrected chi connectivity index (χ3v) is 8.42. The SMILES string of the molecule is CCNS(=O)(=O)c1ccc(C(=O)OCC(=O)c2ccc(S(=O)(=O)N3CCCC3)cc2)cc1. The number of sulfonamides is 2. The molecule has 0 spiro atoms. The number of nitrogens with one attached hydrogen (secondary N) is 1. The molecule has 11 heteroatoms. The molecular formula is C21H24N2O7S2. The molecule has 0 aromatic heterocycles. The van der Waals surface area contributed by atoms with Gasteiger partial charge in [-0.1, -0.05) is 6.92 Å². The minimum atomic E-state index is -3.64. The highest BCUT2D eigenvalue weighted by atomic mass is 32.2. The Kier molecular flexibility index (Phi) is 7.44. The molecule has 2 aromatic carbocycles. The van der Waals surface area contributed by atoms with Crippen LogP contribution in [0, 0.1) is 0 Å². The maximum atomic E-state index is 12.5. The predicted molar refractivity (Wildman–Crippen MR) is 116 cm³/mol. The smallest absolute Gasteiger partial charge is 0.338 e. The number of esters is 1. The summed E-state index contributed by atoms with van der Waals surface area (Å²) in [5.74, 6) is -1.27. The van der Waals surface area contributed by atoms with Crippen molar-refractivity contribution in [3.8, 4) is 0 Å². The molecule has 0 radical (unpaired) electrons. The third kappa shape index (κ3) is 5.41. The van der Waals surface area contributed by atoms with Crippen molar-refractivity contribution in [3.63, 3.8) is 0 Å². The van der Waals surface area contributed by atoms with Crippen LogP contribution in [-0.4, -0.2) is 59.1 Å². The van der Waals surface area contributed by atoms with Gasteiger partial charge in [0.05, 0.1) is 15.4 Å². The van der Waals surface area contributed by atoms with E-state index >= 15 is 0 Å². The Morgan fingerprint density at radius 3 is 1.97 bits per heavy atom. The molecule has 0 saturated carbocycles. The van der Waals surface area contributed by atoms with Crippen LogP contribution in [-0.2, 0) is 24.8 Å². The van der Waals surface area contributed by atoms with Gasteiger partial charge in [-0.3, -0.25) is 4.79 Å². The van der Waals surface area contributed by atoms with Crippen LogP contribution in [0.15, 0.2) is 58.3 Å². The summed E-state index contributed by atoms with van der Waals surface area (Å²) < 4.78 is 57.7. The van der Waals surface area contributed by atoms with Crippen molar-refractivity contribution < 1.29 is 31.2 Å². The Hall–Kier alpha value is -2.60. The Labute approximate surface area is 187 Å². The number of ether oxygens (including phenoxy) is 1. The van der Waals surface area contributed by atoms with Crippen LogP contribution >= 0.6 is 0 Å². The topological polar surface area (TPSA) is 127 Å². The molecule has 0 aliphatic carbocycles. The number of hydrogen-bond acceptors (Lipinski definition) is 7. The van der Waals surface area contributed by atoms with Crippen LogP contribution in [0.4, 0.5) is 0 Å². The molecule has 1 aliphatic rings. The van der Waals surface area contributed by atoms with E-state index in [2.05, 4.69) is 4.72 Å². The molecule has 0 unspecified atom stereocenters. The van der Waals surface area contributed by atoms with E-state index < -0.39 is 38.4 Å². The fourth-order valence-corrected chi connectivity index (χ4v) is 5.79. The molecule has 1 N–H and O–H groups in total. The van der Waals surface area contributed by atoms with Gasteiger partial charge in [0, 0.05) is 25.2 Å². The highest BCUT2D eigenvalue weighted by molar-refractivity contribution is 7.89. The van der Waals surface area contributed by atoms with E-state index in [-0.39, 0.29) is 27.5 Å². The second-order valence-electron chi connectivity index (χ2n) is 7.16. The number of ketones is 1. The first-order valence-electron chi connectivity index (χ1n) is 10.1. The first kappa shape index (κ1) is 24.1. The molecule has 0 amide bonds. The number of nitrogens with zero attached hydrogens (tertiary/aromatic N) is 1. The summed E-state index contributed by atoms with van der Waals surface area (Å²) in [5, 5.41) is 0. The Morgan fingerprint density at radius 1 is 0.875 bits per heavy atom. The second-order valence-corrected chi connectivity index (χ2v) is 10.9. The van der Waals surface area contributed by atoms with E-state index in [1.807, 2.05) is 0 Å². The van der Waals surface area contributed by atoms with Crippen LogP contribution in [0.3, 0.4) is 0 Å². The lowest BCUT2D eigenvalue weighted by atomic mass is 10.1. The fourth-order valence-electron chi connectivity index (χ4n) is 3.23. The molecule has 3 rings (SSSR count). The maximum Gasteiger partial charge on any atom is 0.338 e. The number of carbonyl (C=O) groups is 2. The van der Waals surface area contributed by atoms with E-state index in [4.69, 9.17) is 4.74 Å². The fraction of sp³-hybridized carbons (Fsp3) is 0.333. The van der Waals surface area contributed by atoms with Crippen LogP contribution in [0.2, 0.25) is 0 Å². The summed E-state index contributed by atoms with van der Waals surface area (Å²) in [7, 11) is -7.21. The maximum absolute atomic E-state index is 12.5. The number of hydrogen-bond donors (Lipinski definition) is 1. The van der Waals surface area contributed by atoms with Gasteiger partial charge in [0.25, 0.3) is 0 Å². The van der Waals surface area contributed by atoms with Gasteiger partial charge in [-0.05, 0) is 61.4 Å². The monoisotopic (exact) mass is 480 g/mol. The standard InChI is InChI=1S/C21H24N2O7S2/c1-2-22-31(26,27)18-9-7-17(8-10-18)21(25)30-15-20(24)16-5-11-19(12-6-16)32(28,29)23-13-3-4-14-23/h5-12,22H,2-4,13-15H2,1H3. The van der Waals surface area contributed by atoms with Gasteiger partial charge >= 0.3 is 5.97 Å². The predicted octanol–water partition coefficient (Wildman–Crippen LogP) is 1.81. The van der Waals surface area contributed by atoms with E-state index in [1.54, 1.807) is 6.92 Å². The lowest BCUT2D eigenvalue weighted by molar-refractivity contribution is 0.0474. The van der Waals surface area contributed by atoms with E-state index in [0.29, 0.717) is 13.1 Å². The summed E-state index contributed by atoms with van der Waals surface area (Å²) in [5.41, 5.74) is 0.311. The summed E-state index contributed by atoms with van der Waals surface area (Å²) in [6, 6.07) is 10.7. The molecule has 1 heterocycles. The van der Waals surface area contributed by atoms with Gasteiger partial charge in [-0.2, -0.15) is 4.31 Å². The average molecular weight is 481 g/mol. The van der Waals surface area contributed by atoms with Crippen molar-refractivity contribution in [1.82, 2.24) is 9.03 Å². The van der Waals surface area contributed by atoms with Crippen molar-refractivity contribution in [3.05, 3.63) is 59.7 Å². The molecule has 172 valence electrons. The number of benzene rings is 2. The Balaban J connectivity index is 1.60. The second kappa shape index (κ2) is 9.90. The molecular weight excluding hydrogens is 456 g/mol. The lowest BCUT2D eigenvalue weighted by Gasteiger charge is -2.15. The van der Waals surface area contributed by atoms with Crippen LogP contribution in [0.5, 0.6) is 0 Å². The minimum Gasteiger partial charge on any atom is -0.454 e. The molecule has 1 saturated heterocycles. The van der Waals surface area contributed by atoms with Crippen LogP contribution in [0.1, 0.15) is 40.5 Å². The summed E-state index contributed by atoms with van der Waals surface area (Å²) >= 11 is 0. The van der Waals surface area contributed by atoms with Crippen molar-refractivity contribution >= 4 is 31.8 Å².